The van der Waals surface area contributed by atoms with Crippen LogP contribution in [0.3, 0.4) is 0 Å². The molecule has 0 aliphatic heterocycles. The summed E-state index contributed by atoms with van der Waals surface area (Å²) < 4.78 is 14.1. The van der Waals surface area contributed by atoms with E-state index in [0.29, 0.717) is 0 Å². The number of rotatable bonds is 3. The molecule has 0 saturated carbocycles. The highest BCUT2D eigenvalue weighted by Gasteiger charge is 2.17. The Morgan fingerprint density at radius 1 is 1.20 bits per heavy atom. The maximum atomic E-state index is 14.1. The van der Waals surface area contributed by atoms with Gasteiger partial charge in [-0.1, -0.05) is 35.9 Å². The van der Waals surface area contributed by atoms with Crippen molar-refractivity contribution < 1.29 is 4.39 Å². The molecule has 3 nitrogen and oxygen atoms in total. The molecule has 20 heavy (non-hydrogen) atoms. The second-order valence-electron chi connectivity index (χ2n) is 4.78. The number of aryl methyl sites for hydroxylation is 1. The highest BCUT2D eigenvalue weighted by Crippen LogP contribution is 2.35. The first kappa shape index (κ1) is 14.5. The molecule has 0 bridgehead atoms. The van der Waals surface area contributed by atoms with Crippen LogP contribution in [0.25, 0.3) is 0 Å². The van der Waals surface area contributed by atoms with Gasteiger partial charge < -0.3 is 16.8 Å². The molecule has 0 aliphatic carbocycles. The third kappa shape index (κ3) is 2.65. The molecule has 0 aromatic heterocycles. The fourth-order valence-corrected chi connectivity index (χ4v) is 2.33. The molecule has 0 heterocycles. The van der Waals surface area contributed by atoms with Crippen LogP contribution in [0.4, 0.5) is 21.5 Å². The largest absolute Gasteiger partial charge is 0.397 e. The van der Waals surface area contributed by atoms with Crippen LogP contribution in [-0.2, 0) is 0 Å². The van der Waals surface area contributed by atoms with Gasteiger partial charge in [0.25, 0.3) is 0 Å². The van der Waals surface area contributed by atoms with Gasteiger partial charge in [-0.3, -0.25) is 0 Å². The summed E-state index contributed by atoms with van der Waals surface area (Å²) in [7, 11) is 0. The average Bonchev–Trinajstić information content (AvgIpc) is 2.41. The average molecular weight is 294 g/mol. The van der Waals surface area contributed by atoms with Crippen molar-refractivity contribution in [3.63, 3.8) is 0 Å². The zero-order chi connectivity index (χ0) is 14.9. The quantitative estimate of drug-likeness (QED) is 0.746. The Morgan fingerprint density at radius 3 is 2.50 bits per heavy atom. The van der Waals surface area contributed by atoms with Crippen molar-refractivity contribution in [2.24, 2.45) is 0 Å². The lowest BCUT2D eigenvalue weighted by atomic mass is 10.0. The van der Waals surface area contributed by atoms with Crippen LogP contribution in [0.15, 0.2) is 30.3 Å². The van der Waals surface area contributed by atoms with Gasteiger partial charge in [-0.15, -0.1) is 0 Å². The number of nitrogen functional groups attached to an aromatic ring is 2. The van der Waals surface area contributed by atoms with E-state index < -0.39 is 5.82 Å². The van der Waals surface area contributed by atoms with Gasteiger partial charge in [-0.2, -0.15) is 0 Å². The van der Waals surface area contributed by atoms with E-state index in [0.717, 1.165) is 11.1 Å². The first-order valence-corrected chi connectivity index (χ1v) is 6.64. The number of hydrogen-bond donors (Lipinski definition) is 3. The topological polar surface area (TPSA) is 64.1 Å². The fraction of sp³-hybridized carbons (Fsp3) is 0.200. The summed E-state index contributed by atoms with van der Waals surface area (Å²) >= 11 is 5.82. The number of nitrogens with one attached hydrogen (secondary N) is 1. The molecular weight excluding hydrogens is 277 g/mol. The Balaban J connectivity index is 2.36. The number of anilines is 3. The predicted molar refractivity (Wildman–Crippen MR) is 83.5 cm³/mol. The Morgan fingerprint density at radius 2 is 1.85 bits per heavy atom. The van der Waals surface area contributed by atoms with Crippen molar-refractivity contribution in [1.82, 2.24) is 0 Å². The highest BCUT2D eigenvalue weighted by molar-refractivity contribution is 6.33. The maximum Gasteiger partial charge on any atom is 0.169 e. The van der Waals surface area contributed by atoms with Crippen LogP contribution < -0.4 is 16.8 Å². The van der Waals surface area contributed by atoms with Crippen molar-refractivity contribution in [3.05, 3.63) is 52.3 Å². The standard InChI is InChI=1S/C15H17ClFN3/c1-8-5-3-4-6-10(8)9(2)20-15-12(19)7-11(18)13(16)14(15)17/h3-7,9,20H,18-19H2,1-2H3. The zero-order valence-corrected chi connectivity index (χ0v) is 12.1. The van der Waals surface area contributed by atoms with E-state index in [-0.39, 0.29) is 28.1 Å². The van der Waals surface area contributed by atoms with E-state index in [4.69, 9.17) is 23.1 Å². The normalized spacial score (nSPS) is 12.2. The number of halogens is 2. The van der Waals surface area contributed by atoms with Crippen molar-refractivity contribution in [3.8, 4) is 0 Å². The molecule has 0 fully saturated rings. The van der Waals surface area contributed by atoms with Gasteiger partial charge >= 0.3 is 0 Å². The molecule has 0 radical (unpaired) electrons. The molecule has 1 atom stereocenters. The van der Waals surface area contributed by atoms with E-state index in [2.05, 4.69) is 5.32 Å². The Bertz CT molecular complexity index is 643. The van der Waals surface area contributed by atoms with E-state index in [1.807, 2.05) is 38.1 Å². The van der Waals surface area contributed by atoms with Crippen LogP contribution in [0.1, 0.15) is 24.1 Å². The third-order valence-electron chi connectivity index (χ3n) is 3.28. The number of benzene rings is 2. The summed E-state index contributed by atoms with van der Waals surface area (Å²) in [5.74, 6) is -0.621. The second kappa shape index (κ2) is 5.59. The lowest BCUT2D eigenvalue weighted by Gasteiger charge is -2.20. The number of hydrogen-bond acceptors (Lipinski definition) is 3. The molecule has 106 valence electrons. The van der Waals surface area contributed by atoms with Gasteiger partial charge in [0.15, 0.2) is 5.82 Å². The minimum atomic E-state index is -0.621. The predicted octanol–water partition coefficient (Wildman–Crippen LogP) is 4.13. The summed E-state index contributed by atoms with van der Waals surface area (Å²) in [4.78, 5) is 0. The SMILES string of the molecule is Cc1ccccc1C(C)Nc1c(N)cc(N)c(Cl)c1F. The van der Waals surface area contributed by atoms with Crippen LogP contribution in [0.5, 0.6) is 0 Å². The van der Waals surface area contributed by atoms with Crippen molar-refractivity contribution in [1.29, 1.82) is 0 Å². The number of nitrogens with two attached hydrogens (primary N) is 2. The van der Waals surface area contributed by atoms with Gasteiger partial charge in [-0.25, -0.2) is 4.39 Å². The molecule has 0 amide bonds. The van der Waals surface area contributed by atoms with E-state index in [1.165, 1.54) is 6.07 Å². The van der Waals surface area contributed by atoms with Crippen LogP contribution in [0.2, 0.25) is 5.02 Å². The first-order chi connectivity index (χ1) is 9.41. The van der Waals surface area contributed by atoms with Gasteiger partial charge in [0.2, 0.25) is 0 Å². The molecule has 0 spiro atoms. The van der Waals surface area contributed by atoms with E-state index >= 15 is 0 Å². The van der Waals surface area contributed by atoms with Gasteiger partial charge in [-0.05, 0) is 31.0 Å². The van der Waals surface area contributed by atoms with Crippen molar-refractivity contribution in [2.75, 3.05) is 16.8 Å². The van der Waals surface area contributed by atoms with Gasteiger partial charge in [0, 0.05) is 6.04 Å². The monoisotopic (exact) mass is 293 g/mol. The molecule has 2 aromatic carbocycles. The molecular formula is C15H17ClFN3. The van der Waals surface area contributed by atoms with Crippen molar-refractivity contribution >= 4 is 28.7 Å². The summed E-state index contributed by atoms with van der Waals surface area (Å²) in [5, 5.41) is 2.95. The van der Waals surface area contributed by atoms with Crippen molar-refractivity contribution in [2.45, 2.75) is 19.9 Å². The molecule has 0 aliphatic rings. The molecule has 2 aromatic rings. The minimum absolute atomic E-state index is 0.104. The van der Waals surface area contributed by atoms with Crippen LogP contribution >= 0.6 is 11.6 Å². The molecule has 1 unspecified atom stereocenters. The summed E-state index contributed by atoms with van der Waals surface area (Å²) in [6.07, 6.45) is 0. The first-order valence-electron chi connectivity index (χ1n) is 6.26. The Labute approximate surface area is 122 Å². The summed E-state index contributed by atoms with van der Waals surface area (Å²) in [6, 6.07) is 9.24. The van der Waals surface area contributed by atoms with E-state index in [1.54, 1.807) is 0 Å². The summed E-state index contributed by atoms with van der Waals surface area (Å²) in [5.41, 5.74) is 14.1. The molecule has 2 rings (SSSR count). The summed E-state index contributed by atoms with van der Waals surface area (Å²) in [6.45, 7) is 3.94. The lowest BCUT2D eigenvalue weighted by Crippen LogP contribution is -2.12. The minimum Gasteiger partial charge on any atom is -0.397 e. The smallest absolute Gasteiger partial charge is 0.169 e. The second-order valence-corrected chi connectivity index (χ2v) is 5.16. The van der Waals surface area contributed by atoms with Crippen LogP contribution in [-0.4, -0.2) is 0 Å². The van der Waals surface area contributed by atoms with Gasteiger partial charge in [0.05, 0.1) is 17.1 Å². The van der Waals surface area contributed by atoms with Gasteiger partial charge in [0.1, 0.15) is 5.02 Å². The molecule has 5 heteroatoms. The van der Waals surface area contributed by atoms with Crippen LogP contribution in [0, 0.1) is 12.7 Å². The Hall–Kier alpha value is -1.94. The maximum absolute atomic E-state index is 14.1. The third-order valence-corrected chi connectivity index (χ3v) is 3.67. The highest BCUT2D eigenvalue weighted by atomic mass is 35.5. The molecule has 0 saturated heterocycles. The fourth-order valence-electron chi connectivity index (χ4n) is 2.18. The lowest BCUT2D eigenvalue weighted by molar-refractivity contribution is 0.629. The zero-order valence-electron chi connectivity index (χ0n) is 11.4. The van der Waals surface area contributed by atoms with E-state index in [9.17, 15) is 4.39 Å². The Kier molecular flexibility index (Phi) is 4.04. The molecule has 5 N–H and O–H groups in total.